The van der Waals surface area contributed by atoms with E-state index in [0.717, 1.165) is 13.8 Å². The van der Waals surface area contributed by atoms with Crippen molar-refractivity contribution >= 4 is 17.7 Å². The van der Waals surface area contributed by atoms with E-state index < -0.39 is 29.6 Å². The third kappa shape index (κ3) is 6.93. The fraction of sp³-hybridized carbons (Fsp3) is 0.727. The van der Waals surface area contributed by atoms with Crippen molar-refractivity contribution < 1.29 is 27.5 Å². The first-order valence-electron chi connectivity index (χ1n) is 6.03. The van der Waals surface area contributed by atoms with E-state index in [0.29, 0.717) is 6.42 Å². The number of esters is 1. The Bertz CT molecular complexity index is 417. The summed E-state index contributed by atoms with van der Waals surface area (Å²) in [7, 11) is 0. The third-order valence-electron chi connectivity index (χ3n) is 2.43. The van der Waals surface area contributed by atoms with Crippen LogP contribution in [-0.2, 0) is 14.3 Å². The summed E-state index contributed by atoms with van der Waals surface area (Å²) in [6, 6.07) is -1.17. The molecule has 0 spiro atoms. The number of guanidine groups is 1. The molecule has 0 aliphatic rings. The van der Waals surface area contributed by atoms with Crippen LogP contribution in [0.2, 0.25) is 0 Å². The Morgan fingerprint density at radius 3 is 2.19 bits per heavy atom. The van der Waals surface area contributed by atoms with Crippen LogP contribution in [-0.4, -0.2) is 42.1 Å². The Hall–Kier alpha value is -1.84. The summed E-state index contributed by atoms with van der Waals surface area (Å²) in [5.74, 6) is -3.37. The number of Topliss-reactive ketones (excluding diaryl/α,β-unsaturated/α-hetero) is 1. The summed E-state index contributed by atoms with van der Waals surface area (Å²) in [4.78, 5) is 26.3. The number of alkyl halides is 3. The minimum absolute atomic E-state index is 0.103. The molecular weight excluding hydrogens is 293 g/mol. The molecule has 1 unspecified atom stereocenters. The average molecular weight is 312 g/mol. The Morgan fingerprint density at radius 2 is 1.76 bits per heavy atom. The predicted octanol–water partition coefficient (Wildman–Crippen LogP) is -0.179. The van der Waals surface area contributed by atoms with Crippen LogP contribution in [0.25, 0.3) is 0 Å². The van der Waals surface area contributed by atoms with Gasteiger partial charge >= 0.3 is 12.1 Å². The smallest absolute Gasteiger partial charge is 0.450 e. The van der Waals surface area contributed by atoms with Crippen LogP contribution in [0.15, 0.2) is 4.99 Å². The first kappa shape index (κ1) is 19.2. The van der Waals surface area contributed by atoms with Gasteiger partial charge in [0.05, 0.1) is 0 Å². The molecule has 0 amide bonds. The number of aliphatic imine (C=N–C) groups is 1. The van der Waals surface area contributed by atoms with Crippen LogP contribution < -0.4 is 17.2 Å². The predicted molar refractivity (Wildman–Crippen MR) is 69.1 cm³/mol. The van der Waals surface area contributed by atoms with E-state index >= 15 is 0 Å². The van der Waals surface area contributed by atoms with Crippen LogP contribution >= 0.6 is 0 Å². The molecule has 7 nitrogen and oxygen atoms in total. The van der Waals surface area contributed by atoms with E-state index in [9.17, 15) is 22.8 Å². The number of carbonyl (C=O) groups excluding carboxylic acids is 2. The van der Waals surface area contributed by atoms with Gasteiger partial charge in [0.2, 0.25) is 0 Å². The Labute approximate surface area is 119 Å². The molecule has 1 atom stereocenters. The number of nitrogens with two attached hydrogens (primary N) is 3. The maximum atomic E-state index is 12.3. The van der Waals surface area contributed by atoms with Crippen LogP contribution in [0.5, 0.6) is 0 Å². The van der Waals surface area contributed by atoms with Crippen LogP contribution in [0.1, 0.15) is 26.7 Å². The summed E-state index contributed by atoms with van der Waals surface area (Å²) >= 11 is 0. The molecule has 0 aliphatic heterocycles. The minimum Gasteiger partial charge on any atom is -0.450 e. The Morgan fingerprint density at radius 1 is 1.24 bits per heavy atom. The van der Waals surface area contributed by atoms with Gasteiger partial charge in [-0.15, -0.1) is 0 Å². The van der Waals surface area contributed by atoms with E-state index in [1.54, 1.807) is 0 Å². The van der Waals surface area contributed by atoms with Gasteiger partial charge in [0, 0.05) is 6.54 Å². The van der Waals surface area contributed by atoms with Crippen molar-refractivity contribution in [2.45, 2.75) is 44.5 Å². The van der Waals surface area contributed by atoms with Gasteiger partial charge in [-0.25, -0.2) is 0 Å². The van der Waals surface area contributed by atoms with Crippen molar-refractivity contribution in [2.75, 3.05) is 6.54 Å². The fourth-order valence-corrected chi connectivity index (χ4v) is 1.35. The summed E-state index contributed by atoms with van der Waals surface area (Å²) in [5.41, 5.74) is 13.3. The summed E-state index contributed by atoms with van der Waals surface area (Å²) < 4.78 is 41.5. The molecule has 0 saturated heterocycles. The number of carbonyl (C=O) groups is 2. The zero-order valence-electron chi connectivity index (χ0n) is 11.7. The third-order valence-corrected chi connectivity index (χ3v) is 2.43. The van der Waals surface area contributed by atoms with E-state index in [1.165, 1.54) is 0 Å². The number of halogens is 3. The van der Waals surface area contributed by atoms with Gasteiger partial charge in [0.15, 0.2) is 11.6 Å². The SMILES string of the molecule is CC(C)(OC(=O)C(N)CCCN=C(N)N)C(=O)C(F)(F)F. The molecule has 21 heavy (non-hydrogen) atoms. The number of rotatable bonds is 7. The number of hydrogen-bond donors (Lipinski definition) is 3. The van der Waals surface area contributed by atoms with Gasteiger partial charge in [0.25, 0.3) is 5.78 Å². The highest BCUT2D eigenvalue weighted by molar-refractivity contribution is 5.93. The molecule has 0 aromatic rings. The lowest BCUT2D eigenvalue weighted by molar-refractivity contribution is -0.195. The monoisotopic (exact) mass is 312 g/mol. The van der Waals surface area contributed by atoms with Crippen LogP contribution in [0, 0.1) is 0 Å². The lowest BCUT2D eigenvalue weighted by Crippen LogP contribution is -2.48. The van der Waals surface area contributed by atoms with E-state index in [1.807, 2.05) is 0 Å². The van der Waals surface area contributed by atoms with Crippen LogP contribution in [0.3, 0.4) is 0 Å². The molecule has 0 aliphatic carbocycles. The zero-order chi connectivity index (χ0) is 16.8. The van der Waals surface area contributed by atoms with Gasteiger partial charge in [0.1, 0.15) is 6.04 Å². The number of nitrogens with zero attached hydrogens (tertiary/aromatic N) is 1. The maximum Gasteiger partial charge on any atom is 0.454 e. The molecule has 0 bridgehead atoms. The van der Waals surface area contributed by atoms with Gasteiger partial charge in [-0.05, 0) is 26.7 Å². The van der Waals surface area contributed by atoms with Crippen molar-refractivity contribution in [3.63, 3.8) is 0 Å². The quantitative estimate of drug-likeness (QED) is 0.258. The molecule has 0 radical (unpaired) electrons. The standard InChI is InChI=1S/C11H19F3N4O3/c1-10(2,8(20)11(12,13)14)21-7(19)6(15)4-3-5-18-9(16)17/h6H,3-5,15H2,1-2H3,(H4,16,17,18). The molecule has 0 fully saturated rings. The largest absolute Gasteiger partial charge is 0.454 e. The zero-order valence-corrected chi connectivity index (χ0v) is 11.7. The van der Waals surface area contributed by atoms with Gasteiger partial charge in [-0.3, -0.25) is 14.6 Å². The molecular formula is C11H19F3N4O3. The summed E-state index contributed by atoms with van der Waals surface area (Å²) in [6.45, 7) is 1.92. The molecule has 0 saturated carbocycles. The lowest BCUT2D eigenvalue weighted by atomic mass is 10.0. The maximum absolute atomic E-state index is 12.3. The van der Waals surface area contributed by atoms with E-state index in [-0.39, 0.29) is 18.9 Å². The highest BCUT2D eigenvalue weighted by Gasteiger charge is 2.50. The first-order valence-corrected chi connectivity index (χ1v) is 6.03. The second-order valence-electron chi connectivity index (χ2n) is 4.81. The number of ether oxygens (including phenoxy) is 1. The van der Waals surface area contributed by atoms with E-state index in [2.05, 4.69) is 9.73 Å². The van der Waals surface area contributed by atoms with Crippen LogP contribution in [0.4, 0.5) is 13.2 Å². The normalized spacial score (nSPS) is 13.4. The number of ketones is 1. The Kier molecular flexibility index (Phi) is 6.61. The lowest BCUT2D eigenvalue weighted by Gasteiger charge is -2.26. The van der Waals surface area contributed by atoms with Gasteiger partial charge in [-0.1, -0.05) is 0 Å². The Balaban J connectivity index is 4.47. The van der Waals surface area contributed by atoms with Crippen molar-refractivity contribution in [1.29, 1.82) is 0 Å². The summed E-state index contributed by atoms with van der Waals surface area (Å²) in [6.07, 6.45) is -4.66. The van der Waals surface area contributed by atoms with Crippen molar-refractivity contribution in [3.8, 4) is 0 Å². The molecule has 122 valence electrons. The molecule has 0 rings (SSSR count). The average Bonchev–Trinajstić information content (AvgIpc) is 2.31. The molecule has 0 aromatic carbocycles. The topological polar surface area (TPSA) is 134 Å². The number of hydrogen-bond acceptors (Lipinski definition) is 5. The van der Waals surface area contributed by atoms with Crippen molar-refractivity contribution in [2.24, 2.45) is 22.2 Å². The molecule has 0 aromatic heterocycles. The second kappa shape index (κ2) is 7.25. The molecule has 0 heterocycles. The first-order chi connectivity index (χ1) is 9.38. The molecule has 10 heteroatoms. The highest BCUT2D eigenvalue weighted by Crippen LogP contribution is 2.26. The fourth-order valence-electron chi connectivity index (χ4n) is 1.35. The molecule has 6 N–H and O–H groups in total. The highest BCUT2D eigenvalue weighted by atomic mass is 19.4. The second-order valence-corrected chi connectivity index (χ2v) is 4.81. The van der Waals surface area contributed by atoms with Crippen molar-refractivity contribution in [1.82, 2.24) is 0 Å². The van der Waals surface area contributed by atoms with E-state index in [4.69, 9.17) is 17.2 Å². The summed E-state index contributed by atoms with van der Waals surface area (Å²) in [5, 5.41) is 0. The van der Waals surface area contributed by atoms with Gasteiger partial charge < -0.3 is 21.9 Å². The van der Waals surface area contributed by atoms with Gasteiger partial charge in [-0.2, -0.15) is 13.2 Å². The van der Waals surface area contributed by atoms with Crippen molar-refractivity contribution in [3.05, 3.63) is 0 Å². The minimum atomic E-state index is -5.10.